The zero-order chi connectivity index (χ0) is 14.8. The van der Waals surface area contributed by atoms with Gasteiger partial charge in [0.2, 0.25) is 5.91 Å². The largest absolute Gasteiger partial charge is 0.372 e. The van der Waals surface area contributed by atoms with E-state index in [0.29, 0.717) is 17.8 Å². The molecule has 0 spiro atoms. The van der Waals surface area contributed by atoms with Crippen molar-refractivity contribution in [2.24, 2.45) is 0 Å². The van der Waals surface area contributed by atoms with E-state index in [2.05, 4.69) is 10.6 Å². The molecule has 0 radical (unpaired) electrons. The summed E-state index contributed by atoms with van der Waals surface area (Å²) in [5, 5.41) is 5.83. The van der Waals surface area contributed by atoms with E-state index in [1.807, 2.05) is 30.3 Å². The van der Waals surface area contributed by atoms with E-state index >= 15 is 0 Å². The number of rotatable bonds is 3. The molecule has 1 heterocycles. The molecule has 3 nitrogen and oxygen atoms in total. The Morgan fingerprint density at radius 1 is 1.14 bits per heavy atom. The lowest BCUT2D eigenvalue weighted by atomic mass is 10.0. The lowest BCUT2D eigenvalue weighted by Crippen LogP contribution is -2.39. The van der Waals surface area contributed by atoms with Crippen molar-refractivity contribution in [2.75, 3.05) is 10.6 Å². The number of anilines is 2. The third-order valence-electron chi connectivity index (χ3n) is 3.53. The number of benzene rings is 2. The van der Waals surface area contributed by atoms with Gasteiger partial charge in [-0.15, -0.1) is 0 Å². The molecule has 1 atom stereocenters. The first-order valence-corrected chi connectivity index (χ1v) is 7.11. The number of amides is 1. The molecule has 1 unspecified atom stereocenters. The molecular weight excluding hydrogens is 291 g/mol. The van der Waals surface area contributed by atoms with Gasteiger partial charge < -0.3 is 10.6 Å². The lowest BCUT2D eigenvalue weighted by Gasteiger charge is -2.27. The van der Waals surface area contributed by atoms with Crippen LogP contribution in [-0.4, -0.2) is 11.9 Å². The summed E-state index contributed by atoms with van der Waals surface area (Å²) >= 11 is 5.72. The monoisotopic (exact) mass is 304 g/mol. The van der Waals surface area contributed by atoms with E-state index in [-0.39, 0.29) is 17.0 Å². The highest BCUT2D eigenvalue weighted by molar-refractivity contribution is 6.31. The molecule has 2 N–H and O–H groups in total. The van der Waals surface area contributed by atoms with Gasteiger partial charge in [-0.05, 0) is 24.5 Å². The molecule has 2 aromatic carbocycles. The minimum atomic E-state index is -0.499. The van der Waals surface area contributed by atoms with E-state index in [1.54, 1.807) is 0 Å². The van der Waals surface area contributed by atoms with Gasteiger partial charge >= 0.3 is 0 Å². The Morgan fingerprint density at radius 2 is 1.90 bits per heavy atom. The molecule has 0 aliphatic carbocycles. The number of hydrogen-bond donors (Lipinski definition) is 2. The van der Waals surface area contributed by atoms with Crippen LogP contribution in [0, 0.1) is 5.82 Å². The average molecular weight is 305 g/mol. The van der Waals surface area contributed by atoms with Gasteiger partial charge in [0.15, 0.2) is 0 Å². The third kappa shape index (κ3) is 3.00. The second kappa shape index (κ2) is 5.74. The number of hydrogen-bond acceptors (Lipinski definition) is 2. The van der Waals surface area contributed by atoms with Crippen molar-refractivity contribution in [3.05, 3.63) is 58.9 Å². The Morgan fingerprint density at radius 3 is 2.67 bits per heavy atom. The fourth-order valence-corrected chi connectivity index (χ4v) is 2.57. The van der Waals surface area contributed by atoms with Gasteiger partial charge in [0.1, 0.15) is 11.9 Å². The Kier molecular flexibility index (Phi) is 3.80. The summed E-state index contributed by atoms with van der Waals surface area (Å²) in [6.45, 7) is 0. The molecule has 0 bridgehead atoms. The fraction of sp³-hybridized carbons (Fsp3) is 0.188. The predicted octanol–water partition coefficient (Wildman–Crippen LogP) is 3.84. The standard InChI is InChI=1S/C16H14ClFN2O/c17-11-8-14-15(9-12(11)18)19-13(16(21)20-14)7-6-10-4-2-1-3-5-10/h1-5,8-9,13,19H,6-7H2,(H,20,21). The first-order valence-electron chi connectivity index (χ1n) is 6.74. The predicted molar refractivity (Wildman–Crippen MR) is 82.2 cm³/mol. The summed E-state index contributed by atoms with van der Waals surface area (Å²) in [4.78, 5) is 12.1. The highest BCUT2D eigenvalue weighted by atomic mass is 35.5. The van der Waals surface area contributed by atoms with Gasteiger partial charge in [0.25, 0.3) is 0 Å². The van der Waals surface area contributed by atoms with Gasteiger partial charge in [-0.25, -0.2) is 4.39 Å². The highest BCUT2D eigenvalue weighted by Gasteiger charge is 2.26. The zero-order valence-electron chi connectivity index (χ0n) is 11.2. The van der Waals surface area contributed by atoms with E-state index in [4.69, 9.17) is 11.6 Å². The SMILES string of the molecule is O=C1Nc2cc(Cl)c(F)cc2NC1CCc1ccccc1. The summed E-state index contributed by atoms with van der Waals surface area (Å²) in [5.74, 6) is -0.623. The molecule has 1 aliphatic heterocycles. The van der Waals surface area contributed by atoms with E-state index in [0.717, 1.165) is 6.42 Å². The number of carbonyl (C=O) groups excluding carboxylic acids is 1. The number of nitrogens with one attached hydrogen (secondary N) is 2. The Hall–Kier alpha value is -2.07. The highest BCUT2D eigenvalue weighted by Crippen LogP contribution is 2.32. The second-order valence-electron chi connectivity index (χ2n) is 5.02. The first-order chi connectivity index (χ1) is 10.1. The third-order valence-corrected chi connectivity index (χ3v) is 3.82. The molecule has 1 aliphatic rings. The van der Waals surface area contributed by atoms with Crippen molar-refractivity contribution in [2.45, 2.75) is 18.9 Å². The van der Waals surface area contributed by atoms with Crippen LogP contribution in [-0.2, 0) is 11.2 Å². The Labute approximate surface area is 127 Å². The van der Waals surface area contributed by atoms with Crippen LogP contribution in [0.5, 0.6) is 0 Å². The maximum absolute atomic E-state index is 13.5. The molecular formula is C16H14ClFN2O. The van der Waals surface area contributed by atoms with Gasteiger partial charge in [0, 0.05) is 6.07 Å². The van der Waals surface area contributed by atoms with Crippen LogP contribution < -0.4 is 10.6 Å². The fourth-order valence-electron chi connectivity index (χ4n) is 2.40. The summed E-state index contributed by atoms with van der Waals surface area (Å²) in [6, 6.07) is 12.3. The van der Waals surface area contributed by atoms with Gasteiger partial charge in [-0.2, -0.15) is 0 Å². The van der Waals surface area contributed by atoms with Gasteiger partial charge in [-0.3, -0.25) is 4.79 Å². The molecule has 21 heavy (non-hydrogen) atoms. The van der Waals surface area contributed by atoms with Crippen molar-refractivity contribution >= 4 is 28.9 Å². The van der Waals surface area contributed by atoms with Crippen molar-refractivity contribution in [1.82, 2.24) is 0 Å². The van der Waals surface area contributed by atoms with Crippen LogP contribution in [0.25, 0.3) is 0 Å². The number of halogens is 2. The lowest BCUT2D eigenvalue weighted by molar-refractivity contribution is -0.117. The van der Waals surface area contributed by atoms with Gasteiger partial charge in [0.05, 0.1) is 16.4 Å². The molecule has 5 heteroatoms. The molecule has 0 fully saturated rings. The Balaban J connectivity index is 1.73. The van der Waals surface area contributed by atoms with E-state index < -0.39 is 5.82 Å². The van der Waals surface area contributed by atoms with Crippen LogP contribution in [0.4, 0.5) is 15.8 Å². The Bertz CT molecular complexity index is 675. The summed E-state index contributed by atoms with van der Waals surface area (Å²) in [5.41, 5.74) is 2.25. The van der Waals surface area contributed by atoms with Gasteiger partial charge in [-0.1, -0.05) is 41.9 Å². The van der Waals surface area contributed by atoms with Crippen LogP contribution in [0.1, 0.15) is 12.0 Å². The molecule has 2 aromatic rings. The summed E-state index contributed by atoms with van der Waals surface area (Å²) in [6.07, 6.45) is 1.41. The molecule has 108 valence electrons. The van der Waals surface area contributed by atoms with Crippen LogP contribution in [0.2, 0.25) is 5.02 Å². The second-order valence-corrected chi connectivity index (χ2v) is 5.43. The number of fused-ring (bicyclic) bond motifs is 1. The maximum atomic E-state index is 13.5. The van der Waals surface area contributed by atoms with Crippen LogP contribution in [0.3, 0.4) is 0 Å². The quantitative estimate of drug-likeness (QED) is 0.904. The minimum absolute atomic E-state index is 0.00131. The molecule has 0 aromatic heterocycles. The van der Waals surface area contributed by atoms with Crippen molar-refractivity contribution in [3.8, 4) is 0 Å². The normalized spacial score (nSPS) is 16.9. The topological polar surface area (TPSA) is 41.1 Å². The maximum Gasteiger partial charge on any atom is 0.246 e. The molecule has 0 saturated carbocycles. The molecule has 0 saturated heterocycles. The number of aryl methyl sites for hydroxylation is 1. The van der Waals surface area contributed by atoms with Crippen molar-refractivity contribution < 1.29 is 9.18 Å². The molecule has 1 amide bonds. The zero-order valence-corrected chi connectivity index (χ0v) is 12.0. The summed E-state index contributed by atoms with van der Waals surface area (Å²) < 4.78 is 13.5. The minimum Gasteiger partial charge on any atom is -0.372 e. The average Bonchev–Trinajstić information content (AvgIpc) is 2.48. The molecule has 3 rings (SSSR count). The number of carbonyl (C=O) groups is 1. The van der Waals surface area contributed by atoms with Crippen LogP contribution >= 0.6 is 11.6 Å². The first kappa shape index (κ1) is 13.9. The smallest absolute Gasteiger partial charge is 0.246 e. The van der Waals surface area contributed by atoms with E-state index in [9.17, 15) is 9.18 Å². The van der Waals surface area contributed by atoms with E-state index in [1.165, 1.54) is 17.7 Å². The van der Waals surface area contributed by atoms with Crippen molar-refractivity contribution in [1.29, 1.82) is 0 Å². The summed E-state index contributed by atoms with van der Waals surface area (Å²) in [7, 11) is 0. The van der Waals surface area contributed by atoms with Crippen molar-refractivity contribution in [3.63, 3.8) is 0 Å². The van der Waals surface area contributed by atoms with Crippen LogP contribution in [0.15, 0.2) is 42.5 Å².